The number of fused-ring (bicyclic) bond motifs is 1. The van der Waals surface area contributed by atoms with Gasteiger partial charge in [0.25, 0.3) is 0 Å². The van der Waals surface area contributed by atoms with Crippen molar-refractivity contribution in [1.82, 2.24) is 9.47 Å². The fraction of sp³-hybridized carbons (Fsp3) is 0.364. The molecular weight excluding hydrogens is 406 g/mol. The maximum absolute atomic E-state index is 12.7. The van der Waals surface area contributed by atoms with Crippen LogP contribution in [-0.2, 0) is 17.9 Å². The molecule has 0 bridgehead atoms. The predicted molar refractivity (Wildman–Crippen MR) is 120 cm³/mol. The Morgan fingerprint density at radius 1 is 1.21 bits per heavy atom. The first-order chi connectivity index (χ1) is 14.0. The minimum atomic E-state index is 0.0142. The molecule has 0 aliphatic carbocycles. The molecule has 4 rings (SSSR count). The highest BCUT2D eigenvalue weighted by molar-refractivity contribution is 7.16. The minimum absolute atomic E-state index is 0.0142. The van der Waals surface area contributed by atoms with E-state index in [4.69, 9.17) is 11.6 Å². The number of benzene rings is 2. The normalized spacial score (nSPS) is 15.7. The average molecular weight is 430 g/mol. The molecule has 1 aliphatic heterocycles. The number of amides is 1. The summed E-state index contributed by atoms with van der Waals surface area (Å²) in [4.78, 5) is 27.2. The molecule has 1 fully saturated rings. The van der Waals surface area contributed by atoms with E-state index >= 15 is 0 Å². The fourth-order valence-corrected chi connectivity index (χ4v) is 5.14. The molecule has 0 radical (unpaired) electrons. The Morgan fingerprint density at radius 3 is 2.72 bits per heavy atom. The van der Waals surface area contributed by atoms with Crippen LogP contribution in [0.3, 0.4) is 0 Å². The number of carbonyl (C=O) groups excluding carboxylic acids is 1. The Balaban J connectivity index is 1.35. The molecule has 2 heterocycles. The summed E-state index contributed by atoms with van der Waals surface area (Å²) >= 11 is 7.29. The number of nitrogens with one attached hydrogen (secondary N) is 1. The largest absolute Gasteiger partial charge is 0.326 e. The van der Waals surface area contributed by atoms with E-state index < -0.39 is 0 Å². The second-order valence-electron chi connectivity index (χ2n) is 7.46. The molecule has 5 nitrogen and oxygen atoms in total. The highest BCUT2D eigenvalue weighted by Gasteiger charge is 2.25. The molecule has 1 aliphatic rings. The number of rotatable bonds is 5. The lowest BCUT2D eigenvalue weighted by Crippen LogP contribution is -2.37. The smallest absolute Gasteiger partial charge is 0.308 e. The van der Waals surface area contributed by atoms with Gasteiger partial charge in [0.15, 0.2) is 0 Å². The molecular formula is C22H24ClN3O2S. The molecule has 0 saturated carbocycles. The Labute approximate surface area is 178 Å². The Kier molecular flexibility index (Phi) is 6.04. The van der Waals surface area contributed by atoms with Crippen LogP contribution in [0.1, 0.15) is 25.3 Å². The predicted octanol–water partition coefficient (Wildman–Crippen LogP) is 4.59. The summed E-state index contributed by atoms with van der Waals surface area (Å²) in [6.45, 7) is 5.26. The molecule has 0 atom stereocenters. The SMILES string of the molecule is CCn1c(=O)sc2cc(NC(=O)C3CCN(Cc4cccc(Cl)c4)CC3)ccc21. The van der Waals surface area contributed by atoms with E-state index in [1.165, 1.54) is 16.9 Å². The number of piperidine rings is 1. The van der Waals surface area contributed by atoms with Crippen molar-refractivity contribution in [3.63, 3.8) is 0 Å². The van der Waals surface area contributed by atoms with Gasteiger partial charge in [-0.25, -0.2) is 0 Å². The van der Waals surface area contributed by atoms with Gasteiger partial charge in [0.2, 0.25) is 5.91 Å². The second-order valence-corrected chi connectivity index (χ2v) is 8.89. The van der Waals surface area contributed by atoms with E-state index in [1.807, 2.05) is 43.3 Å². The number of carbonyl (C=O) groups is 1. The maximum Gasteiger partial charge on any atom is 0.308 e. The Bertz CT molecular complexity index is 1080. The van der Waals surface area contributed by atoms with Crippen molar-refractivity contribution in [1.29, 1.82) is 0 Å². The lowest BCUT2D eigenvalue weighted by Gasteiger charge is -2.31. The van der Waals surface area contributed by atoms with E-state index in [2.05, 4.69) is 16.3 Å². The van der Waals surface area contributed by atoms with Crippen LogP contribution >= 0.6 is 22.9 Å². The van der Waals surface area contributed by atoms with E-state index in [0.29, 0.717) is 6.54 Å². The lowest BCUT2D eigenvalue weighted by molar-refractivity contribution is -0.121. The number of nitrogens with zero attached hydrogens (tertiary/aromatic N) is 2. The summed E-state index contributed by atoms with van der Waals surface area (Å²) in [6.07, 6.45) is 1.68. The van der Waals surface area contributed by atoms with Gasteiger partial charge in [0.1, 0.15) is 0 Å². The van der Waals surface area contributed by atoms with Gasteiger partial charge in [-0.15, -0.1) is 0 Å². The zero-order valence-electron chi connectivity index (χ0n) is 16.4. The van der Waals surface area contributed by atoms with Crippen LogP contribution in [0.2, 0.25) is 5.02 Å². The zero-order valence-corrected chi connectivity index (χ0v) is 17.9. The topological polar surface area (TPSA) is 54.3 Å². The quantitative estimate of drug-likeness (QED) is 0.645. The number of hydrogen-bond donors (Lipinski definition) is 1. The molecule has 2 aromatic carbocycles. The Hall–Kier alpha value is -2.15. The number of thiazole rings is 1. The van der Waals surface area contributed by atoms with Gasteiger partial charge >= 0.3 is 4.87 Å². The summed E-state index contributed by atoms with van der Waals surface area (Å²) in [5.41, 5.74) is 2.88. The van der Waals surface area contributed by atoms with Crippen molar-refractivity contribution < 1.29 is 4.79 Å². The summed E-state index contributed by atoms with van der Waals surface area (Å²) < 4.78 is 2.66. The van der Waals surface area contributed by atoms with Gasteiger partial charge in [-0.05, 0) is 68.8 Å². The van der Waals surface area contributed by atoms with E-state index in [9.17, 15) is 9.59 Å². The fourth-order valence-electron chi connectivity index (χ4n) is 3.93. The van der Waals surface area contributed by atoms with Gasteiger partial charge in [0, 0.05) is 29.7 Å². The standard InChI is InChI=1S/C22H24ClN3O2S/c1-2-26-19-7-6-18(13-20(19)29-22(26)28)24-21(27)16-8-10-25(11-9-16)14-15-4-3-5-17(23)12-15/h3-7,12-13,16H,2,8-11,14H2,1H3,(H,24,27). The molecule has 1 saturated heterocycles. The number of aromatic nitrogens is 1. The first kappa shape index (κ1) is 20.1. The van der Waals surface area contributed by atoms with Gasteiger partial charge < -0.3 is 5.32 Å². The molecule has 1 N–H and O–H groups in total. The van der Waals surface area contributed by atoms with E-state index in [1.54, 1.807) is 4.57 Å². The number of likely N-dealkylation sites (tertiary alicyclic amines) is 1. The number of hydrogen-bond acceptors (Lipinski definition) is 4. The summed E-state index contributed by atoms with van der Waals surface area (Å²) in [6, 6.07) is 13.6. The van der Waals surface area contributed by atoms with Crippen molar-refractivity contribution >= 4 is 44.7 Å². The van der Waals surface area contributed by atoms with Gasteiger partial charge in [-0.1, -0.05) is 35.1 Å². The van der Waals surface area contributed by atoms with Gasteiger partial charge in [-0.3, -0.25) is 19.1 Å². The van der Waals surface area contributed by atoms with Crippen molar-refractivity contribution in [3.8, 4) is 0 Å². The first-order valence-corrected chi connectivity index (χ1v) is 11.1. The van der Waals surface area contributed by atoms with Gasteiger partial charge in [0.05, 0.1) is 10.2 Å². The van der Waals surface area contributed by atoms with Crippen LogP contribution in [-0.4, -0.2) is 28.5 Å². The number of aryl methyl sites for hydroxylation is 1. The van der Waals surface area contributed by atoms with Crippen LogP contribution < -0.4 is 10.2 Å². The molecule has 3 aromatic rings. The summed E-state index contributed by atoms with van der Waals surface area (Å²) in [5.74, 6) is 0.0781. The Morgan fingerprint density at radius 2 is 2.00 bits per heavy atom. The van der Waals surface area contributed by atoms with Crippen molar-refractivity contribution in [2.24, 2.45) is 5.92 Å². The third-order valence-corrected chi connectivity index (χ3v) is 6.68. The zero-order chi connectivity index (χ0) is 20.4. The number of anilines is 1. The highest BCUT2D eigenvalue weighted by Crippen LogP contribution is 2.25. The van der Waals surface area contributed by atoms with Crippen LogP contribution in [0.4, 0.5) is 5.69 Å². The van der Waals surface area contributed by atoms with Crippen molar-refractivity contribution in [2.45, 2.75) is 32.9 Å². The molecule has 152 valence electrons. The summed E-state index contributed by atoms with van der Waals surface area (Å²) in [5, 5.41) is 3.80. The molecule has 7 heteroatoms. The molecule has 1 amide bonds. The molecule has 0 spiro atoms. The molecule has 29 heavy (non-hydrogen) atoms. The van der Waals surface area contributed by atoms with Crippen LogP contribution in [0.5, 0.6) is 0 Å². The molecule has 0 unspecified atom stereocenters. The second kappa shape index (κ2) is 8.69. The van der Waals surface area contributed by atoms with Crippen molar-refractivity contribution in [2.75, 3.05) is 18.4 Å². The first-order valence-electron chi connectivity index (χ1n) is 9.94. The average Bonchev–Trinajstić information content (AvgIpc) is 3.02. The van der Waals surface area contributed by atoms with Crippen LogP contribution in [0.25, 0.3) is 10.2 Å². The van der Waals surface area contributed by atoms with E-state index in [-0.39, 0.29) is 16.7 Å². The van der Waals surface area contributed by atoms with Crippen LogP contribution in [0, 0.1) is 5.92 Å². The number of halogens is 1. The third-order valence-electron chi connectivity index (χ3n) is 5.51. The molecule has 1 aromatic heterocycles. The monoisotopic (exact) mass is 429 g/mol. The summed E-state index contributed by atoms with van der Waals surface area (Å²) in [7, 11) is 0. The van der Waals surface area contributed by atoms with Crippen LogP contribution in [0.15, 0.2) is 47.3 Å². The highest BCUT2D eigenvalue weighted by atomic mass is 35.5. The van der Waals surface area contributed by atoms with E-state index in [0.717, 1.165) is 53.4 Å². The van der Waals surface area contributed by atoms with Gasteiger partial charge in [-0.2, -0.15) is 0 Å². The third kappa shape index (κ3) is 4.55. The minimum Gasteiger partial charge on any atom is -0.326 e. The lowest BCUT2D eigenvalue weighted by atomic mass is 9.95. The maximum atomic E-state index is 12.7. The van der Waals surface area contributed by atoms with Crippen molar-refractivity contribution in [3.05, 3.63) is 62.7 Å².